The maximum absolute atomic E-state index is 12.5. The highest BCUT2D eigenvalue weighted by Gasteiger charge is 2.38. The summed E-state index contributed by atoms with van der Waals surface area (Å²) in [6.45, 7) is 0. The SMILES string of the molecule is O=C(c1cc2ccccc2o1)C1(O)CCCCCC1. The van der Waals surface area contributed by atoms with Gasteiger partial charge in [-0.25, -0.2) is 0 Å². The van der Waals surface area contributed by atoms with Crippen LogP contribution in [0, 0.1) is 0 Å². The molecule has 0 saturated heterocycles. The molecule has 3 heteroatoms. The van der Waals surface area contributed by atoms with Crippen molar-refractivity contribution in [2.24, 2.45) is 0 Å². The van der Waals surface area contributed by atoms with E-state index in [1.165, 1.54) is 0 Å². The van der Waals surface area contributed by atoms with Gasteiger partial charge in [0.2, 0.25) is 5.78 Å². The summed E-state index contributed by atoms with van der Waals surface area (Å²) in [6, 6.07) is 9.27. The summed E-state index contributed by atoms with van der Waals surface area (Å²) in [5, 5.41) is 11.5. The first-order chi connectivity index (χ1) is 9.19. The molecule has 1 heterocycles. The molecular weight excluding hydrogens is 240 g/mol. The number of benzene rings is 1. The van der Waals surface area contributed by atoms with Gasteiger partial charge in [-0.15, -0.1) is 0 Å². The second-order valence-corrected chi connectivity index (χ2v) is 5.42. The van der Waals surface area contributed by atoms with Crippen LogP contribution < -0.4 is 0 Å². The van der Waals surface area contributed by atoms with E-state index in [2.05, 4.69) is 0 Å². The molecule has 1 aromatic heterocycles. The molecule has 3 rings (SSSR count). The quantitative estimate of drug-likeness (QED) is 0.660. The molecule has 1 saturated carbocycles. The second-order valence-electron chi connectivity index (χ2n) is 5.42. The Bertz CT molecular complexity index is 556. The first-order valence-corrected chi connectivity index (χ1v) is 6.95. The van der Waals surface area contributed by atoms with Gasteiger partial charge in [-0.2, -0.15) is 0 Å². The molecule has 1 aromatic carbocycles. The highest BCUT2D eigenvalue weighted by molar-refractivity contribution is 6.02. The molecule has 1 aliphatic rings. The van der Waals surface area contributed by atoms with Gasteiger partial charge in [-0.05, 0) is 25.0 Å². The number of rotatable bonds is 2. The molecule has 0 bridgehead atoms. The highest BCUT2D eigenvalue weighted by Crippen LogP contribution is 2.31. The second kappa shape index (κ2) is 4.82. The van der Waals surface area contributed by atoms with E-state index in [4.69, 9.17) is 4.42 Å². The monoisotopic (exact) mass is 258 g/mol. The Kier molecular flexibility index (Phi) is 3.15. The van der Waals surface area contributed by atoms with Crippen molar-refractivity contribution >= 4 is 16.8 Å². The van der Waals surface area contributed by atoms with E-state index in [1.54, 1.807) is 6.07 Å². The number of ketones is 1. The van der Waals surface area contributed by atoms with E-state index in [-0.39, 0.29) is 11.5 Å². The fraction of sp³-hybridized carbons (Fsp3) is 0.438. The smallest absolute Gasteiger partial charge is 0.229 e. The van der Waals surface area contributed by atoms with Crippen LogP contribution >= 0.6 is 0 Å². The number of aliphatic hydroxyl groups is 1. The molecule has 19 heavy (non-hydrogen) atoms. The van der Waals surface area contributed by atoms with Crippen LogP contribution in [0.3, 0.4) is 0 Å². The summed E-state index contributed by atoms with van der Waals surface area (Å²) in [4.78, 5) is 12.5. The molecule has 0 radical (unpaired) electrons. The van der Waals surface area contributed by atoms with Crippen molar-refractivity contribution in [2.45, 2.75) is 44.1 Å². The lowest BCUT2D eigenvalue weighted by Crippen LogP contribution is -2.37. The van der Waals surface area contributed by atoms with Crippen LogP contribution in [0.25, 0.3) is 11.0 Å². The number of carbonyl (C=O) groups excluding carboxylic acids is 1. The average molecular weight is 258 g/mol. The number of carbonyl (C=O) groups is 1. The van der Waals surface area contributed by atoms with Gasteiger partial charge >= 0.3 is 0 Å². The Morgan fingerprint density at radius 1 is 1.11 bits per heavy atom. The van der Waals surface area contributed by atoms with Crippen LogP contribution in [0.5, 0.6) is 0 Å². The minimum absolute atomic E-state index is 0.259. The van der Waals surface area contributed by atoms with Crippen LogP contribution in [0.2, 0.25) is 0 Å². The van der Waals surface area contributed by atoms with Crippen molar-refractivity contribution in [3.05, 3.63) is 36.1 Å². The predicted molar refractivity (Wildman–Crippen MR) is 73.2 cm³/mol. The van der Waals surface area contributed by atoms with E-state index in [0.717, 1.165) is 31.1 Å². The molecule has 0 atom stereocenters. The van der Waals surface area contributed by atoms with Gasteiger partial charge in [0.15, 0.2) is 5.76 Å². The Morgan fingerprint density at radius 2 is 1.79 bits per heavy atom. The minimum Gasteiger partial charge on any atom is -0.453 e. The van der Waals surface area contributed by atoms with E-state index in [0.29, 0.717) is 18.4 Å². The lowest BCUT2D eigenvalue weighted by Gasteiger charge is -2.23. The zero-order chi connectivity index (χ0) is 13.3. The van der Waals surface area contributed by atoms with Gasteiger partial charge in [0, 0.05) is 5.39 Å². The van der Waals surface area contributed by atoms with Gasteiger partial charge < -0.3 is 9.52 Å². The third kappa shape index (κ3) is 2.30. The standard InChI is InChI=1S/C16H18O3/c17-15(16(18)9-5-1-2-6-10-16)14-11-12-7-3-4-8-13(12)19-14/h3-4,7-8,11,18H,1-2,5-6,9-10H2. The molecule has 3 nitrogen and oxygen atoms in total. The molecule has 0 spiro atoms. The maximum Gasteiger partial charge on any atom is 0.229 e. The van der Waals surface area contributed by atoms with Crippen molar-refractivity contribution < 1.29 is 14.3 Å². The molecule has 0 amide bonds. The summed E-state index contributed by atoms with van der Waals surface area (Å²) in [5.74, 6) is 0.0243. The lowest BCUT2D eigenvalue weighted by atomic mass is 9.88. The molecule has 1 N–H and O–H groups in total. The van der Waals surface area contributed by atoms with E-state index >= 15 is 0 Å². The van der Waals surface area contributed by atoms with Crippen molar-refractivity contribution in [3.63, 3.8) is 0 Å². The fourth-order valence-corrected chi connectivity index (χ4v) is 2.86. The summed E-state index contributed by atoms with van der Waals surface area (Å²) >= 11 is 0. The normalized spacial score (nSPS) is 19.2. The summed E-state index contributed by atoms with van der Waals surface area (Å²) in [7, 11) is 0. The molecule has 2 aromatic rings. The molecular formula is C16H18O3. The van der Waals surface area contributed by atoms with Gasteiger partial charge in [0.25, 0.3) is 0 Å². The molecule has 1 aliphatic carbocycles. The van der Waals surface area contributed by atoms with E-state index in [9.17, 15) is 9.90 Å². The first kappa shape index (κ1) is 12.4. The molecule has 0 unspecified atom stereocenters. The topological polar surface area (TPSA) is 50.4 Å². The third-order valence-electron chi connectivity index (χ3n) is 4.00. The number of hydrogen-bond donors (Lipinski definition) is 1. The summed E-state index contributed by atoms with van der Waals surface area (Å²) in [5.41, 5.74) is -0.534. The van der Waals surface area contributed by atoms with Crippen LogP contribution in [-0.2, 0) is 0 Å². The summed E-state index contributed by atoms with van der Waals surface area (Å²) < 4.78 is 5.58. The van der Waals surface area contributed by atoms with Crippen LogP contribution in [0.4, 0.5) is 0 Å². The third-order valence-corrected chi connectivity index (χ3v) is 4.00. The van der Waals surface area contributed by atoms with Crippen LogP contribution in [0.1, 0.15) is 49.1 Å². The Balaban J connectivity index is 1.93. The van der Waals surface area contributed by atoms with Crippen LogP contribution in [-0.4, -0.2) is 16.5 Å². The highest BCUT2D eigenvalue weighted by atomic mass is 16.4. The number of hydrogen-bond acceptors (Lipinski definition) is 3. The van der Waals surface area contributed by atoms with E-state index in [1.807, 2.05) is 24.3 Å². The largest absolute Gasteiger partial charge is 0.453 e. The Hall–Kier alpha value is -1.61. The average Bonchev–Trinajstić information content (AvgIpc) is 2.73. The predicted octanol–water partition coefficient (Wildman–Crippen LogP) is 3.70. The number of fused-ring (bicyclic) bond motifs is 1. The van der Waals surface area contributed by atoms with Gasteiger partial charge in [0.05, 0.1) is 0 Å². The van der Waals surface area contributed by atoms with E-state index < -0.39 is 5.60 Å². The van der Waals surface area contributed by atoms with Crippen LogP contribution in [0.15, 0.2) is 34.7 Å². The first-order valence-electron chi connectivity index (χ1n) is 6.95. The minimum atomic E-state index is -1.23. The van der Waals surface area contributed by atoms with Crippen molar-refractivity contribution in [1.82, 2.24) is 0 Å². The maximum atomic E-state index is 12.5. The molecule has 0 aliphatic heterocycles. The number of Topliss-reactive ketones (excluding diaryl/α,β-unsaturated/α-hetero) is 1. The molecule has 1 fully saturated rings. The van der Waals surface area contributed by atoms with Crippen molar-refractivity contribution in [2.75, 3.05) is 0 Å². The van der Waals surface area contributed by atoms with Gasteiger partial charge in [-0.3, -0.25) is 4.79 Å². The number of para-hydroxylation sites is 1. The van der Waals surface area contributed by atoms with Crippen molar-refractivity contribution in [3.8, 4) is 0 Å². The zero-order valence-electron chi connectivity index (χ0n) is 10.9. The zero-order valence-corrected chi connectivity index (χ0v) is 10.9. The van der Waals surface area contributed by atoms with Gasteiger partial charge in [0.1, 0.15) is 11.2 Å². The van der Waals surface area contributed by atoms with Crippen molar-refractivity contribution in [1.29, 1.82) is 0 Å². The Labute approximate surface area is 112 Å². The molecule has 100 valence electrons. The fourth-order valence-electron chi connectivity index (χ4n) is 2.86. The summed E-state index contributed by atoms with van der Waals surface area (Å²) in [6.07, 6.45) is 5.09. The Morgan fingerprint density at radius 3 is 2.47 bits per heavy atom. The van der Waals surface area contributed by atoms with Gasteiger partial charge in [-0.1, -0.05) is 43.9 Å². The number of furan rings is 1. The lowest BCUT2D eigenvalue weighted by molar-refractivity contribution is 0.0214.